The number of para-hydroxylation sites is 1. The predicted octanol–water partition coefficient (Wildman–Crippen LogP) is 3.82. The fourth-order valence-corrected chi connectivity index (χ4v) is 4.19. The topological polar surface area (TPSA) is 55.1 Å². The smallest absolute Gasteiger partial charge is 0.290 e. The van der Waals surface area contributed by atoms with Crippen molar-refractivity contribution in [3.63, 3.8) is 0 Å². The first-order valence-electron chi connectivity index (χ1n) is 9.48. The van der Waals surface area contributed by atoms with Crippen LogP contribution in [0.5, 0.6) is 11.7 Å². The molecule has 0 saturated carbocycles. The van der Waals surface area contributed by atoms with Gasteiger partial charge in [-0.3, -0.25) is 4.90 Å². The number of furan rings is 1. The molecular weight excluding hydrogens is 330 g/mol. The molecule has 2 aliphatic rings. The number of rotatable bonds is 5. The van der Waals surface area contributed by atoms with E-state index in [4.69, 9.17) is 13.9 Å². The predicted molar refractivity (Wildman–Crippen MR) is 98.2 cm³/mol. The molecule has 2 saturated heterocycles. The Morgan fingerprint density at radius 1 is 1.23 bits per heavy atom. The number of aliphatic hydroxyl groups is 1. The lowest BCUT2D eigenvalue weighted by Gasteiger charge is -2.43. The summed E-state index contributed by atoms with van der Waals surface area (Å²) in [6.45, 7) is 4.99. The van der Waals surface area contributed by atoms with Crippen LogP contribution in [0.1, 0.15) is 31.9 Å². The van der Waals surface area contributed by atoms with Crippen LogP contribution in [-0.2, 0) is 11.3 Å². The summed E-state index contributed by atoms with van der Waals surface area (Å²) in [5, 5.41) is 10.8. The molecule has 3 heterocycles. The summed E-state index contributed by atoms with van der Waals surface area (Å²) in [6, 6.07) is 13.8. The largest absolute Gasteiger partial charge is 0.429 e. The van der Waals surface area contributed by atoms with Gasteiger partial charge in [0.2, 0.25) is 0 Å². The third kappa shape index (κ3) is 3.80. The second kappa shape index (κ2) is 7.43. The van der Waals surface area contributed by atoms with E-state index in [1.165, 1.54) is 0 Å². The molecule has 0 radical (unpaired) electrons. The molecule has 0 unspecified atom stereocenters. The van der Waals surface area contributed by atoms with Crippen molar-refractivity contribution in [1.82, 2.24) is 4.90 Å². The Morgan fingerprint density at radius 2 is 2.08 bits per heavy atom. The van der Waals surface area contributed by atoms with Gasteiger partial charge in [0.25, 0.3) is 5.95 Å². The van der Waals surface area contributed by atoms with Crippen molar-refractivity contribution in [2.75, 3.05) is 19.8 Å². The van der Waals surface area contributed by atoms with Crippen LogP contribution in [0.25, 0.3) is 0 Å². The number of benzene rings is 1. The van der Waals surface area contributed by atoms with Crippen molar-refractivity contribution < 1.29 is 19.0 Å². The normalized spacial score (nSPS) is 29.8. The minimum Gasteiger partial charge on any atom is -0.429 e. The van der Waals surface area contributed by atoms with Crippen molar-refractivity contribution in [3.8, 4) is 11.7 Å². The van der Waals surface area contributed by atoms with Gasteiger partial charge in [-0.25, -0.2) is 0 Å². The molecule has 2 aliphatic heterocycles. The molecule has 140 valence electrons. The van der Waals surface area contributed by atoms with Gasteiger partial charge in [-0.15, -0.1) is 0 Å². The molecular formula is C21H27NO4. The van der Waals surface area contributed by atoms with Crippen LogP contribution in [0.3, 0.4) is 0 Å². The van der Waals surface area contributed by atoms with Gasteiger partial charge in [-0.1, -0.05) is 18.2 Å². The quantitative estimate of drug-likeness (QED) is 0.881. The highest BCUT2D eigenvalue weighted by atomic mass is 16.6. The molecule has 2 fully saturated rings. The lowest BCUT2D eigenvalue weighted by molar-refractivity contribution is -0.124. The van der Waals surface area contributed by atoms with E-state index < -0.39 is 5.60 Å². The summed E-state index contributed by atoms with van der Waals surface area (Å²) >= 11 is 0. The number of hydrogen-bond donors (Lipinski definition) is 1. The van der Waals surface area contributed by atoms with Gasteiger partial charge in [-0.05, 0) is 50.9 Å². The van der Waals surface area contributed by atoms with Crippen LogP contribution < -0.4 is 4.74 Å². The third-order valence-corrected chi connectivity index (χ3v) is 5.69. The second-order valence-electron chi connectivity index (χ2n) is 7.60. The fourth-order valence-electron chi connectivity index (χ4n) is 4.19. The van der Waals surface area contributed by atoms with Crippen molar-refractivity contribution in [3.05, 3.63) is 48.2 Å². The first-order chi connectivity index (χ1) is 12.6. The van der Waals surface area contributed by atoms with E-state index in [1.807, 2.05) is 49.4 Å². The van der Waals surface area contributed by atoms with Crippen molar-refractivity contribution in [2.45, 2.75) is 44.4 Å². The average molecular weight is 357 g/mol. The van der Waals surface area contributed by atoms with Crippen molar-refractivity contribution in [1.29, 1.82) is 0 Å². The van der Waals surface area contributed by atoms with Crippen molar-refractivity contribution in [2.24, 2.45) is 5.92 Å². The number of ether oxygens (including phenoxy) is 2. The zero-order valence-electron chi connectivity index (χ0n) is 15.3. The Balaban J connectivity index is 1.42. The van der Waals surface area contributed by atoms with Gasteiger partial charge >= 0.3 is 0 Å². The lowest BCUT2D eigenvalue weighted by atomic mass is 9.79. The summed E-state index contributed by atoms with van der Waals surface area (Å²) in [6.07, 6.45) is 2.95. The zero-order valence-corrected chi connectivity index (χ0v) is 15.3. The molecule has 0 bridgehead atoms. The van der Waals surface area contributed by atoms with Crippen LogP contribution in [0, 0.1) is 5.92 Å². The van der Waals surface area contributed by atoms with E-state index in [1.54, 1.807) is 0 Å². The first-order valence-corrected chi connectivity index (χ1v) is 9.48. The molecule has 0 spiro atoms. The molecule has 3 atom stereocenters. The highest BCUT2D eigenvalue weighted by molar-refractivity contribution is 5.26. The SMILES string of the molecule is C[C@]1(O)CCOC[C@H]1[C@H]1CCCN1Cc1ccc(Oc2ccccc2)o1. The Kier molecular flexibility index (Phi) is 5.02. The van der Waals surface area contributed by atoms with Gasteiger partial charge in [0, 0.05) is 24.6 Å². The summed E-state index contributed by atoms with van der Waals surface area (Å²) in [4.78, 5) is 2.42. The van der Waals surface area contributed by atoms with E-state index in [-0.39, 0.29) is 5.92 Å². The summed E-state index contributed by atoms with van der Waals surface area (Å²) in [5.41, 5.74) is -0.656. The highest BCUT2D eigenvalue weighted by Crippen LogP contribution is 2.37. The Bertz CT molecular complexity index is 712. The monoisotopic (exact) mass is 357 g/mol. The minimum absolute atomic E-state index is 0.147. The van der Waals surface area contributed by atoms with Gasteiger partial charge in [0.05, 0.1) is 18.8 Å². The third-order valence-electron chi connectivity index (χ3n) is 5.69. The van der Waals surface area contributed by atoms with Crippen molar-refractivity contribution >= 4 is 0 Å². The van der Waals surface area contributed by atoms with E-state index in [9.17, 15) is 5.11 Å². The fraction of sp³-hybridized carbons (Fsp3) is 0.524. The Morgan fingerprint density at radius 3 is 2.88 bits per heavy atom. The van der Waals surface area contributed by atoms with Gasteiger partial charge in [-0.2, -0.15) is 0 Å². The molecule has 5 heteroatoms. The van der Waals surface area contributed by atoms with E-state index in [2.05, 4.69) is 4.90 Å². The molecule has 5 nitrogen and oxygen atoms in total. The zero-order chi connectivity index (χ0) is 18.0. The minimum atomic E-state index is -0.656. The maximum absolute atomic E-state index is 10.8. The molecule has 1 aromatic carbocycles. The van der Waals surface area contributed by atoms with E-state index >= 15 is 0 Å². The van der Waals surface area contributed by atoms with Crippen LogP contribution in [0.4, 0.5) is 0 Å². The Hall–Kier alpha value is -1.82. The summed E-state index contributed by atoms with van der Waals surface area (Å²) < 4.78 is 17.3. The lowest BCUT2D eigenvalue weighted by Crippen LogP contribution is -2.52. The first kappa shape index (κ1) is 17.6. The van der Waals surface area contributed by atoms with Gasteiger partial charge < -0.3 is 19.0 Å². The molecule has 0 aliphatic carbocycles. The number of nitrogens with zero attached hydrogens (tertiary/aromatic N) is 1. The summed E-state index contributed by atoms with van der Waals surface area (Å²) in [7, 11) is 0. The number of likely N-dealkylation sites (tertiary alicyclic amines) is 1. The standard InChI is InChI=1S/C21H27NO4/c1-21(23)11-13-24-15-18(21)19-8-5-12-22(19)14-17-9-10-20(26-17)25-16-6-3-2-4-7-16/h2-4,6-7,9-10,18-19,23H,5,8,11-15H2,1H3/t18-,19+,21-/m0/s1. The Labute approximate surface area is 154 Å². The molecule has 26 heavy (non-hydrogen) atoms. The maximum atomic E-state index is 10.8. The van der Waals surface area contributed by atoms with Crippen LogP contribution in [0.15, 0.2) is 46.9 Å². The van der Waals surface area contributed by atoms with Crippen LogP contribution in [0.2, 0.25) is 0 Å². The molecule has 0 amide bonds. The molecule has 2 aromatic rings. The second-order valence-corrected chi connectivity index (χ2v) is 7.60. The van der Waals surface area contributed by atoms with E-state index in [0.29, 0.717) is 31.6 Å². The maximum Gasteiger partial charge on any atom is 0.290 e. The number of hydrogen-bond acceptors (Lipinski definition) is 5. The van der Waals surface area contributed by atoms with E-state index in [0.717, 1.165) is 37.4 Å². The average Bonchev–Trinajstić information content (AvgIpc) is 3.25. The molecule has 1 aromatic heterocycles. The van der Waals surface area contributed by atoms with Crippen LogP contribution in [-0.4, -0.2) is 41.4 Å². The summed E-state index contributed by atoms with van der Waals surface area (Å²) in [5.74, 6) is 2.31. The van der Waals surface area contributed by atoms with Gasteiger partial charge in [0.15, 0.2) is 0 Å². The highest BCUT2D eigenvalue weighted by Gasteiger charge is 2.44. The van der Waals surface area contributed by atoms with Gasteiger partial charge in [0.1, 0.15) is 11.5 Å². The molecule has 4 rings (SSSR count). The van der Waals surface area contributed by atoms with Crippen LogP contribution >= 0.6 is 0 Å². The molecule has 1 N–H and O–H groups in total.